The topological polar surface area (TPSA) is 35.2 Å². The highest BCUT2D eigenvalue weighted by Gasteiger charge is 2.13. The van der Waals surface area contributed by atoms with Crippen molar-refractivity contribution < 1.29 is 13.5 Å². The van der Waals surface area contributed by atoms with Gasteiger partial charge in [-0.1, -0.05) is 23.8 Å². The molecule has 0 radical (unpaired) electrons. The molecule has 0 atom stereocenters. The zero-order chi connectivity index (χ0) is 15.4. The first-order valence-electron chi connectivity index (χ1n) is 6.88. The zero-order valence-corrected chi connectivity index (χ0v) is 12.2. The van der Waals surface area contributed by atoms with Crippen molar-refractivity contribution in [1.29, 1.82) is 0 Å². The van der Waals surface area contributed by atoms with E-state index in [1.54, 1.807) is 0 Å². The fraction of sp³-hybridized carbons (Fsp3) is 0.294. The molecule has 2 N–H and O–H groups in total. The molecule has 0 spiro atoms. The van der Waals surface area contributed by atoms with E-state index in [2.05, 4.69) is 0 Å². The molecule has 0 aliphatic heterocycles. The average molecular weight is 291 g/mol. The highest BCUT2D eigenvalue weighted by Crippen LogP contribution is 2.25. The van der Waals surface area contributed by atoms with Crippen molar-refractivity contribution in [2.45, 2.75) is 26.9 Å². The molecule has 0 saturated carbocycles. The predicted octanol–water partition coefficient (Wildman–Crippen LogP) is 3.66. The van der Waals surface area contributed by atoms with E-state index in [9.17, 15) is 8.78 Å². The van der Waals surface area contributed by atoms with Crippen LogP contribution < -0.4 is 10.5 Å². The Morgan fingerprint density at radius 3 is 2.33 bits per heavy atom. The number of nitrogens with two attached hydrogens (primary N) is 1. The summed E-state index contributed by atoms with van der Waals surface area (Å²) in [6.45, 7) is 4.39. The fourth-order valence-electron chi connectivity index (χ4n) is 2.17. The standard InChI is InChI=1S/C17H19F2NO/c1-11-3-4-12(2)14(7-11)10-21-17-15(18)8-13(5-6-20)9-16(17)19/h3-4,7-9H,5-6,10,20H2,1-2H3. The van der Waals surface area contributed by atoms with Crippen LogP contribution >= 0.6 is 0 Å². The maximum atomic E-state index is 13.9. The highest BCUT2D eigenvalue weighted by atomic mass is 19.1. The van der Waals surface area contributed by atoms with Crippen LogP contribution in [0.25, 0.3) is 0 Å². The summed E-state index contributed by atoms with van der Waals surface area (Å²) in [4.78, 5) is 0. The van der Waals surface area contributed by atoms with Gasteiger partial charge in [0.2, 0.25) is 0 Å². The maximum absolute atomic E-state index is 13.9. The normalized spacial score (nSPS) is 10.7. The Kier molecular flexibility index (Phi) is 4.91. The van der Waals surface area contributed by atoms with Gasteiger partial charge in [-0.05, 0) is 55.6 Å². The summed E-state index contributed by atoms with van der Waals surface area (Å²) in [6, 6.07) is 8.45. The molecule has 0 fully saturated rings. The van der Waals surface area contributed by atoms with E-state index in [0.717, 1.165) is 16.7 Å². The summed E-state index contributed by atoms with van der Waals surface area (Å²) in [5, 5.41) is 0. The highest BCUT2D eigenvalue weighted by molar-refractivity contribution is 5.33. The largest absolute Gasteiger partial charge is 0.483 e. The van der Waals surface area contributed by atoms with Gasteiger partial charge in [-0.3, -0.25) is 0 Å². The number of hydrogen-bond acceptors (Lipinski definition) is 2. The van der Waals surface area contributed by atoms with Crippen LogP contribution in [0, 0.1) is 25.5 Å². The van der Waals surface area contributed by atoms with Gasteiger partial charge in [0.1, 0.15) is 6.61 Å². The van der Waals surface area contributed by atoms with Gasteiger partial charge in [-0.25, -0.2) is 8.78 Å². The van der Waals surface area contributed by atoms with Gasteiger partial charge in [0.15, 0.2) is 17.4 Å². The number of benzene rings is 2. The number of rotatable bonds is 5. The molecule has 4 heteroatoms. The Balaban J connectivity index is 2.18. The molecule has 0 aromatic heterocycles. The van der Waals surface area contributed by atoms with E-state index < -0.39 is 11.6 Å². The van der Waals surface area contributed by atoms with Crippen molar-refractivity contribution in [2.24, 2.45) is 5.73 Å². The molecule has 0 aliphatic carbocycles. The van der Waals surface area contributed by atoms with Gasteiger partial charge in [-0.15, -0.1) is 0 Å². The lowest BCUT2D eigenvalue weighted by atomic mass is 10.1. The summed E-state index contributed by atoms with van der Waals surface area (Å²) in [6.07, 6.45) is 0.436. The Morgan fingerprint density at radius 2 is 1.71 bits per heavy atom. The van der Waals surface area contributed by atoms with Crippen LogP contribution in [0.4, 0.5) is 8.78 Å². The first-order chi connectivity index (χ1) is 10.0. The van der Waals surface area contributed by atoms with Crippen LogP contribution in [-0.4, -0.2) is 6.54 Å². The minimum Gasteiger partial charge on any atom is -0.483 e. The van der Waals surface area contributed by atoms with Gasteiger partial charge in [0, 0.05) is 0 Å². The molecule has 2 nitrogen and oxygen atoms in total. The van der Waals surface area contributed by atoms with E-state index in [0.29, 0.717) is 18.5 Å². The number of ether oxygens (including phenoxy) is 1. The third kappa shape index (κ3) is 3.79. The Labute approximate surface area is 123 Å². The van der Waals surface area contributed by atoms with Gasteiger partial charge in [0.05, 0.1) is 0 Å². The smallest absolute Gasteiger partial charge is 0.191 e. The van der Waals surface area contributed by atoms with E-state index in [1.807, 2.05) is 32.0 Å². The molecule has 0 saturated heterocycles. The van der Waals surface area contributed by atoms with Crippen LogP contribution in [0.1, 0.15) is 22.3 Å². The van der Waals surface area contributed by atoms with E-state index >= 15 is 0 Å². The summed E-state index contributed by atoms with van der Waals surface area (Å²) < 4.78 is 33.2. The lowest BCUT2D eigenvalue weighted by Gasteiger charge is -2.12. The van der Waals surface area contributed by atoms with Crippen LogP contribution in [0.15, 0.2) is 30.3 Å². The molecule has 21 heavy (non-hydrogen) atoms. The van der Waals surface area contributed by atoms with E-state index in [1.165, 1.54) is 12.1 Å². The molecule has 0 unspecified atom stereocenters. The molecule has 2 aromatic carbocycles. The number of hydrogen-bond donors (Lipinski definition) is 1. The predicted molar refractivity (Wildman–Crippen MR) is 79.4 cm³/mol. The maximum Gasteiger partial charge on any atom is 0.191 e. The van der Waals surface area contributed by atoms with E-state index in [4.69, 9.17) is 10.5 Å². The summed E-state index contributed by atoms with van der Waals surface area (Å²) >= 11 is 0. The van der Waals surface area contributed by atoms with Crippen molar-refractivity contribution in [3.05, 3.63) is 64.2 Å². The van der Waals surface area contributed by atoms with Crippen molar-refractivity contribution >= 4 is 0 Å². The summed E-state index contributed by atoms with van der Waals surface area (Å²) in [7, 11) is 0. The first kappa shape index (κ1) is 15.4. The zero-order valence-electron chi connectivity index (χ0n) is 12.2. The molecule has 0 bridgehead atoms. The monoisotopic (exact) mass is 291 g/mol. The molecule has 0 heterocycles. The third-order valence-corrected chi connectivity index (χ3v) is 3.37. The molecule has 0 amide bonds. The molecule has 112 valence electrons. The lowest BCUT2D eigenvalue weighted by Crippen LogP contribution is -2.06. The fourth-order valence-corrected chi connectivity index (χ4v) is 2.17. The average Bonchev–Trinajstić information content (AvgIpc) is 2.42. The van der Waals surface area contributed by atoms with Crippen LogP contribution in [0.3, 0.4) is 0 Å². The Hall–Kier alpha value is -1.94. The number of halogens is 2. The number of aryl methyl sites for hydroxylation is 2. The van der Waals surface area contributed by atoms with Crippen LogP contribution in [0.2, 0.25) is 0 Å². The second-order valence-corrected chi connectivity index (χ2v) is 5.15. The minimum atomic E-state index is -0.691. The summed E-state index contributed by atoms with van der Waals surface area (Å²) in [5.74, 6) is -1.72. The molecular weight excluding hydrogens is 272 g/mol. The molecule has 2 rings (SSSR count). The quantitative estimate of drug-likeness (QED) is 0.912. The van der Waals surface area contributed by atoms with Crippen LogP contribution in [0.5, 0.6) is 5.75 Å². The van der Waals surface area contributed by atoms with E-state index in [-0.39, 0.29) is 12.4 Å². The second kappa shape index (κ2) is 6.68. The van der Waals surface area contributed by atoms with Gasteiger partial charge < -0.3 is 10.5 Å². The second-order valence-electron chi connectivity index (χ2n) is 5.15. The Bertz CT molecular complexity index is 618. The van der Waals surface area contributed by atoms with Crippen molar-refractivity contribution in [2.75, 3.05) is 6.54 Å². The van der Waals surface area contributed by atoms with Crippen LogP contribution in [-0.2, 0) is 13.0 Å². The van der Waals surface area contributed by atoms with Gasteiger partial charge >= 0.3 is 0 Å². The minimum absolute atomic E-state index is 0.136. The van der Waals surface area contributed by atoms with Crippen molar-refractivity contribution in [3.63, 3.8) is 0 Å². The van der Waals surface area contributed by atoms with Gasteiger partial charge in [-0.2, -0.15) is 0 Å². The summed E-state index contributed by atoms with van der Waals surface area (Å²) in [5.41, 5.74) is 8.95. The SMILES string of the molecule is Cc1ccc(C)c(COc2c(F)cc(CCN)cc2F)c1. The van der Waals surface area contributed by atoms with Crippen molar-refractivity contribution in [3.8, 4) is 5.75 Å². The molecule has 2 aromatic rings. The molecule has 0 aliphatic rings. The Morgan fingerprint density at radius 1 is 1.05 bits per heavy atom. The van der Waals surface area contributed by atoms with Gasteiger partial charge in [0.25, 0.3) is 0 Å². The lowest BCUT2D eigenvalue weighted by molar-refractivity contribution is 0.273. The van der Waals surface area contributed by atoms with Crippen molar-refractivity contribution in [1.82, 2.24) is 0 Å². The molecular formula is C17H19F2NO. The first-order valence-corrected chi connectivity index (χ1v) is 6.88. The third-order valence-electron chi connectivity index (χ3n) is 3.37.